The molecule has 0 radical (unpaired) electrons. The Morgan fingerprint density at radius 1 is 1.33 bits per heavy atom. The van der Waals surface area contributed by atoms with Gasteiger partial charge in [-0.1, -0.05) is 12.1 Å². The standard InChI is InChI=1S/C16H16BrNO3/c1-3-21-16(20)13-6-4-5-12(8-13)9-18-10-14(17)7-11(2)15(18)19/h4-8,10H,3,9H2,1-2H3. The lowest BCUT2D eigenvalue weighted by atomic mass is 10.1. The number of pyridine rings is 1. The normalized spacial score (nSPS) is 10.4. The first-order valence-corrected chi connectivity index (χ1v) is 7.43. The van der Waals surface area contributed by atoms with Crippen LogP contribution in [0.3, 0.4) is 0 Å². The maximum atomic E-state index is 12.1. The summed E-state index contributed by atoms with van der Waals surface area (Å²) in [4.78, 5) is 23.8. The molecule has 0 aliphatic carbocycles. The number of carbonyl (C=O) groups is 1. The fourth-order valence-electron chi connectivity index (χ4n) is 2.07. The maximum Gasteiger partial charge on any atom is 0.338 e. The number of esters is 1. The van der Waals surface area contributed by atoms with Crippen LogP contribution >= 0.6 is 15.9 Å². The second-order valence-corrected chi connectivity index (χ2v) is 5.61. The van der Waals surface area contributed by atoms with E-state index in [-0.39, 0.29) is 11.5 Å². The van der Waals surface area contributed by atoms with Gasteiger partial charge in [-0.25, -0.2) is 4.79 Å². The van der Waals surface area contributed by atoms with E-state index in [1.165, 1.54) is 0 Å². The van der Waals surface area contributed by atoms with Gasteiger partial charge in [-0.2, -0.15) is 0 Å². The van der Waals surface area contributed by atoms with Gasteiger partial charge in [0.1, 0.15) is 0 Å². The number of halogens is 1. The predicted octanol–water partition coefficient (Wildman–Crippen LogP) is 3.14. The van der Waals surface area contributed by atoms with Crippen LogP contribution in [0.1, 0.15) is 28.4 Å². The number of hydrogen-bond donors (Lipinski definition) is 0. The van der Waals surface area contributed by atoms with Gasteiger partial charge in [0.2, 0.25) is 0 Å². The van der Waals surface area contributed by atoms with Gasteiger partial charge < -0.3 is 9.30 Å². The summed E-state index contributed by atoms with van der Waals surface area (Å²) in [6.45, 7) is 4.30. The molecular weight excluding hydrogens is 334 g/mol. The number of aromatic nitrogens is 1. The molecule has 0 saturated carbocycles. The number of nitrogens with zero attached hydrogens (tertiary/aromatic N) is 1. The molecule has 1 aromatic carbocycles. The Balaban J connectivity index is 2.30. The van der Waals surface area contributed by atoms with Crippen LogP contribution in [-0.2, 0) is 11.3 Å². The molecule has 0 saturated heterocycles. The fraction of sp³-hybridized carbons (Fsp3) is 0.250. The highest BCUT2D eigenvalue weighted by Crippen LogP contribution is 2.11. The van der Waals surface area contributed by atoms with Crippen molar-refractivity contribution in [1.29, 1.82) is 0 Å². The van der Waals surface area contributed by atoms with Crippen molar-refractivity contribution in [3.63, 3.8) is 0 Å². The van der Waals surface area contributed by atoms with E-state index < -0.39 is 0 Å². The lowest BCUT2D eigenvalue weighted by Gasteiger charge is -2.09. The van der Waals surface area contributed by atoms with E-state index in [0.29, 0.717) is 24.3 Å². The van der Waals surface area contributed by atoms with Crippen LogP contribution < -0.4 is 5.56 Å². The zero-order valence-corrected chi connectivity index (χ0v) is 13.5. The van der Waals surface area contributed by atoms with Crippen LogP contribution in [0.4, 0.5) is 0 Å². The average Bonchev–Trinajstić information content (AvgIpc) is 2.45. The Labute approximate surface area is 131 Å². The highest BCUT2D eigenvalue weighted by Gasteiger charge is 2.08. The third-order valence-electron chi connectivity index (χ3n) is 3.02. The van der Waals surface area contributed by atoms with Gasteiger partial charge >= 0.3 is 5.97 Å². The molecule has 110 valence electrons. The molecule has 0 aliphatic heterocycles. The minimum Gasteiger partial charge on any atom is -0.462 e. The number of benzene rings is 1. The molecular formula is C16H16BrNO3. The van der Waals surface area contributed by atoms with Crippen molar-refractivity contribution in [2.75, 3.05) is 6.61 Å². The SMILES string of the molecule is CCOC(=O)c1cccc(Cn2cc(Br)cc(C)c2=O)c1. The number of hydrogen-bond acceptors (Lipinski definition) is 3. The highest BCUT2D eigenvalue weighted by atomic mass is 79.9. The van der Waals surface area contributed by atoms with Gasteiger partial charge in [-0.15, -0.1) is 0 Å². The summed E-state index contributed by atoms with van der Waals surface area (Å²) in [6, 6.07) is 8.91. The predicted molar refractivity (Wildman–Crippen MR) is 84.6 cm³/mol. The average molecular weight is 350 g/mol. The second-order valence-electron chi connectivity index (χ2n) is 4.70. The quantitative estimate of drug-likeness (QED) is 0.796. The third kappa shape index (κ3) is 3.82. The molecule has 21 heavy (non-hydrogen) atoms. The number of ether oxygens (including phenoxy) is 1. The zero-order chi connectivity index (χ0) is 15.4. The Morgan fingerprint density at radius 3 is 2.81 bits per heavy atom. The van der Waals surface area contributed by atoms with E-state index in [2.05, 4.69) is 15.9 Å². The number of aryl methyl sites for hydroxylation is 1. The number of carbonyl (C=O) groups excluding carboxylic acids is 1. The summed E-state index contributed by atoms with van der Waals surface area (Å²) < 4.78 is 7.44. The van der Waals surface area contributed by atoms with Crippen molar-refractivity contribution in [3.05, 3.63) is 68.0 Å². The summed E-state index contributed by atoms with van der Waals surface area (Å²) in [6.07, 6.45) is 1.74. The van der Waals surface area contributed by atoms with Gasteiger partial charge in [-0.05, 0) is 53.5 Å². The monoisotopic (exact) mass is 349 g/mol. The van der Waals surface area contributed by atoms with E-state index in [1.807, 2.05) is 6.07 Å². The maximum absolute atomic E-state index is 12.1. The molecule has 0 atom stereocenters. The molecule has 0 fully saturated rings. The van der Waals surface area contributed by atoms with Crippen LogP contribution in [0.2, 0.25) is 0 Å². The molecule has 5 heteroatoms. The molecule has 0 spiro atoms. The molecule has 0 aliphatic rings. The first kappa shape index (κ1) is 15.5. The summed E-state index contributed by atoms with van der Waals surface area (Å²) in [5.41, 5.74) is 2.00. The lowest BCUT2D eigenvalue weighted by Crippen LogP contribution is -2.22. The lowest BCUT2D eigenvalue weighted by molar-refractivity contribution is 0.0526. The molecule has 1 heterocycles. The summed E-state index contributed by atoms with van der Waals surface area (Å²) in [5.74, 6) is -0.350. The smallest absolute Gasteiger partial charge is 0.338 e. The van der Waals surface area contributed by atoms with Gasteiger partial charge in [-0.3, -0.25) is 4.79 Å². The molecule has 2 rings (SSSR count). The van der Waals surface area contributed by atoms with E-state index in [1.54, 1.807) is 48.9 Å². The minimum absolute atomic E-state index is 0.0419. The van der Waals surface area contributed by atoms with Crippen molar-refractivity contribution < 1.29 is 9.53 Å². The topological polar surface area (TPSA) is 48.3 Å². The number of rotatable bonds is 4. The van der Waals surface area contributed by atoms with Crippen molar-refractivity contribution in [3.8, 4) is 0 Å². The van der Waals surface area contributed by atoms with Crippen LogP contribution in [-0.4, -0.2) is 17.1 Å². The van der Waals surface area contributed by atoms with Gasteiger partial charge in [0.15, 0.2) is 0 Å². The second kappa shape index (κ2) is 6.72. The molecule has 0 amide bonds. The molecule has 0 N–H and O–H groups in total. The zero-order valence-electron chi connectivity index (χ0n) is 11.9. The van der Waals surface area contributed by atoms with Gasteiger partial charge in [0.05, 0.1) is 18.7 Å². The first-order valence-electron chi connectivity index (χ1n) is 6.64. The Hall–Kier alpha value is -1.88. The van der Waals surface area contributed by atoms with E-state index in [9.17, 15) is 9.59 Å². The molecule has 4 nitrogen and oxygen atoms in total. The van der Waals surface area contributed by atoms with E-state index >= 15 is 0 Å². The van der Waals surface area contributed by atoms with Crippen LogP contribution in [0, 0.1) is 6.92 Å². The van der Waals surface area contributed by atoms with Crippen LogP contribution in [0.15, 0.2) is 45.8 Å². The minimum atomic E-state index is -0.350. The highest BCUT2D eigenvalue weighted by molar-refractivity contribution is 9.10. The first-order chi connectivity index (χ1) is 10.0. The van der Waals surface area contributed by atoms with Gasteiger partial charge in [0.25, 0.3) is 5.56 Å². The van der Waals surface area contributed by atoms with E-state index in [4.69, 9.17) is 4.74 Å². The van der Waals surface area contributed by atoms with E-state index in [0.717, 1.165) is 10.0 Å². The van der Waals surface area contributed by atoms with Crippen molar-refractivity contribution in [1.82, 2.24) is 4.57 Å². The van der Waals surface area contributed by atoms with Gasteiger partial charge in [0, 0.05) is 16.2 Å². The Morgan fingerprint density at radius 2 is 2.10 bits per heavy atom. The molecule has 0 bridgehead atoms. The summed E-state index contributed by atoms with van der Waals surface area (Å²) >= 11 is 3.38. The van der Waals surface area contributed by atoms with Crippen molar-refractivity contribution >= 4 is 21.9 Å². The van der Waals surface area contributed by atoms with Crippen molar-refractivity contribution in [2.45, 2.75) is 20.4 Å². The van der Waals surface area contributed by atoms with Crippen LogP contribution in [0.25, 0.3) is 0 Å². The fourth-order valence-corrected chi connectivity index (χ4v) is 2.66. The summed E-state index contributed by atoms with van der Waals surface area (Å²) in [5, 5.41) is 0. The third-order valence-corrected chi connectivity index (χ3v) is 3.46. The largest absolute Gasteiger partial charge is 0.462 e. The van der Waals surface area contributed by atoms with Crippen LogP contribution in [0.5, 0.6) is 0 Å². The Bertz CT molecular complexity index is 722. The molecule has 2 aromatic rings. The molecule has 1 aromatic heterocycles. The molecule has 0 unspecified atom stereocenters. The Kier molecular flexibility index (Phi) is 4.96. The van der Waals surface area contributed by atoms with Crippen molar-refractivity contribution in [2.24, 2.45) is 0 Å². The summed E-state index contributed by atoms with van der Waals surface area (Å²) in [7, 11) is 0.